The lowest BCUT2D eigenvalue weighted by atomic mass is 10.2. The summed E-state index contributed by atoms with van der Waals surface area (Å²) in [6.07, 6.45) is 0.530. The van der Waals surface area contributed by atoms with Gasteiger partial charge in [0.25, 0.3) is 0 Å². The monoisotopic (exact) mass is 278 g/mol. The highest BCUT2D eigenvalue weighted by molar-refractivity contribution is 5.88. The maximum Gasteiger partial charge on any atom is 0.339 e. The second kappa shape index (κ2) is 5.56. The highest BCUT2D eigenvalue weighted by Gasteiger charge is 2.14. The van der Waals surface area contributed by atoms with Gasteiger partial charge >= 0.3 is 5.97 Å². The number of carboxylic acid groups (broad SMARTS) is 1. The summed E-state index contributed by atoms with van der Waals surface area (Å²) in [5, 5.41) is 8.87. The van der Waals surface area contributed by atoms with Crippen molar-refractivity contribution < 1.29 is 28.2 Å². The van der Waals surface area contributed by atoms with Crippen LogP contribution in [0.4, 0.5) is 4.39 Å². The Hall–Kier alpha value is -2.63. The maximum atomic E-state index is 13.5. The number of aldehydes is 1. The van der Waals surface area contributed by atoms with Crippen LogP contribution >= 0.6 is 0 Å². The van der Waals surface area contributed by atoms with Crippen LogP contribution in [0.2, 0.25) is 0 Å². The van der Waals surface area contributed by atoms with E-state index in [-0.39, 0.29) is 35.0 Å². The zero-order chi connectivity index (χ0) is 14.7. The molecule has 2 aromatic rings. The van der Waals surface area contributed by atoms with Crippen LogP contribution in [-0.4, -0.2) is 17.4 Å². The summed E-state index contributed by atoms with van der Waals surface area (Å²) in [5.74, 6) is -1.27. The van der Waals surface area contributed by atoms with Crippen LogP contribution < -0.4 is 4.74 Å². The molecule has 0 spiro atoms. The Kier molecular flexibility index (Phi) is 3.84. The Labute approximate surface area is 113 Å². The van der Waals surface area contributed by atoms with Gasteiger partial charge in [-0.2, -0.15) is 0 Å². The number of carbonyl (C=O) groups is 2. The van der Waals surface area contributed by atoms with Gasteiger partial charge in [0.1, 0.15) is 30.0 Å². The van der Waals surface area contributed by atoms with Crippen molar-refractivity contribution in [3.8, 4) is 5.75 Å². The van der Waals surface area contributed by atoms with Gasteiger partial charge in [-0.3, -0.25) is 4.79 Å². The predicted octanol–water partition coefficient (Wildman–Crippen LogP) is 2.82. The molecule has 0 saturated carbocycles. The molecular weight excluding hydrogens is 267 g/mol. The molecule has 0 amide bonds. The van der Waals surface area contributed by atoms with Crippen molar-refractivity contribution in [1.29, 1.82) is 0 Å². The van der Waals surface area contributed by atoms with E-state index in [9.17, 15) is 14.0 Å². The number of carbonyl (C=O) groups excluding carboxylic acids is 1. The van der Waals surface area contributed by atoms with E-state index in [1.54, 1.807) is 0 Å². The fourth-order valence-corrected chi connectivity index (χ4v) is 1.68. The molecule has 0 saturated heterocycles. The highest BCUT2D eigenvalue weighted by atomic mass is 19.1. The molecule has 0 aliphatic heterocycles. The van der Waals surface area contributed by atoms with Crippen molar-refractivity contribution >= 4 is 12.3 Å². The normalized spacial score (nSPS) is 10.3. The molecular formula is C14H11FO5. The van der Waals surface area contributed by atoms with Crippen LogP contribution in [0, 0.1) is 12.7 Å². The summed E-state index contributed by atoms with van der Waals surface area (Å²) in [5.41, 5.74) is 0.247. The Morgan fingerprint density at radius 3 is 2.75 bits per heavy atom. The number of halogens is 1. The van der Waals surface area contributed by atoms with Gasteiger partial charge in [-0.1, -0.05) is 0 Å². The minimum Gasteiger partial charge on any atom is -0.483 e. The third-order valence-corrected chi connectivity index (χ3v) is 2.66. The average molecular weight is 278 g/mol. The Balaban J connectivity index is 2.11. The lowest BCUT2D eigenvalue weighted by molar-refractivity contribution is 0.0695. The number of furan rings is 1. The van der Waals surface area contributed by atoms with Crippen LogP contribution in [0.1, 0.15) is 32.2 Å². The second-order valence-electron chi connectivity index (χ2n) is 4.08. The molecule has 2 rings (SSSR count). The van der Waals surface area contributed by atoms with Crippen molar-refractivity contribution in [1.82, 2.24) is 0 Å². The van der Waals surface area contributed by atoms with Crippen LogP contribution in [0.5, 0.6) is 5.75 Å². The lowest BCUT2D eigenvalue weighted by Gasteiger charge is -2.05. The fourth-order valence-electron chi connectivity index (χ4n) is 1.68. The Bertz CT molecular complexity index is 660. The molecule has 1 heterocycles. The minimum atomic E-state index is -1.10. The first-order valence-corrected chi connectivity index (χ1v) is 5.71. The zero-order valence-corrected chi connectivity index (χ0v) is 10.6. The van der Waals surface area contributed by atoms with E-state index in [4.69, 9.17) is 14.3 Å². The van der Waals surface area contributed by atoms with Gasteiger partial charge in [0, 0.05) is 5.56 Å². The SMILES string of the molecule is Cc1oc(COc2ccc(C=O)cc2F)cc1C(=O)O. The van der Waals surface area contributed by atoms with Gasteiger partial charge in [0.2, 0.25) is 0 Å². The third kappa shape index (κ3) is 2.85. The summed E-state index contributed by atoms with van der Waals surface area (Å²) >= 11 is 0. The van der Waals surface area contributed by atoms with Crippen LogP contribution in [0.15, 0.2) is 28.7 Å². The topological polar surface area (TPSA) is 76.7 Å². The molecule has 0 aliphatic carbocycles. The highest BCUT2D eigenvalue weighted by Crippen LogP contribution is 2.21. The van der Waals surface area contributed by atoms with Crippen LogP contribution in [-0.2, 0) is 6.61 Å². The molecule has 0 aliphatic rings. The first-order valence-electron chi connectivity index (χ1n) is 5.71. The van der Waals surface area contributed by atoms with E-state index in [1.807, 2.05) is 0 Å². The number of aryl methyl sites for hydroxylation is 1. The molecule has 104 valence electrons. The summed E-state index contributed by atoms with van der Waals surface area (Å²) < 4.78 is 23.9. The largest absolute Gasteiger partial charge is 0.483 e. The molecule has 1 aromatic heterocycles. The summed E-state index contributed by atoms with van der Waals surface area (Å²) in [6.45, 7) is 1.41. The van der Waals surface area contributed by atoms with Gasteiger partial charge in [0.15, 0.2) is 11.6 Å². The number of hydrogen-bond donors (Lipinski definition) is 1. The quantitative estimate of drug-likeness (QED) is 0.851. The molecule has 0 bridgehead atoms. The number of carboxylic acids is 1. The first kappa shape index (κ1) is 13.8. The van der Waals surface area contributed by atoms with Gasteiger partial charge in [-0.25, -0.2) is 9.18 Å². The number of aromatic carboxylic acids is 1. The van der Waals surface area contributed by atoms with Gasteiger partial charge in [-0.05, 0) is 31.2 Å². The van der Waals surface area contributed by atoms with Crippen molar-refractivity contribution in [3.05, 3.63) is 52.7 Å². The van der Waals surface area contributed by atoms with E-state index in [1.165, 1.54) is 25.1 Å². The van der Waals surface area contributed by atoms with Crippen LogP contribution in [0.25, 0.3) is 0 Å². The minimum absolute atomic E-state index is 0.0403. The summed E-state index contributed by atoms with van der Waals surface area (Å²) in [7, 11) is 0. The summed E-state index contributed by atoms with van der Waals surface area (Å²) in [4.78, 5) is 21.3. The van der Waals surface area contributed by atoms with E-state index in [0.717, 1.165) is 6.07 Å². The number of hydrogen-bond acceptors (Lipinski definition) is 4. The third-order valence-electron chi connectivity index (χ3n) is 2.66. The van der Waals surface area contributed by atoms with E-state index in [0.29, 0.717) is 6.29 Å². The number of benzene rings is 1. The maximum absolute atomic E-state index is 13.5. The van der Waals surface area contributed by atoms with E-state index < -0.39 is 11.8 Å². The average Bonchev–Trinajstić information content (AvgIpc) is 2.78. The number of rotatable bonds is 5. The standard InChI is InChI=1S/C14H11FO5/c1-8-11(14(17)18)5-10(20-8)7-19-13-3-2-9(6-16)4-12(13)15/h2-6H,7H2,1H3,(H,17,18). The molecule has 1 N–H and O–H groups in total. The fraction of sp³-hybridized carbons (Fsp3) is 0.143. The Morgan fingerprint density at radius 2 is 2.20 bits per heavy atom. The molecule has 5 nitrogen and oxygen atoms in total. The summed E-state index contributed by atoms with van der Waals surface area (Å²) in [6, 6.07) is 5.13. The predicted molar refractivity (Wildman–Crippen MR) is 66.5 cm³/mol. The molecule has 0 unspecified atom stereocenters. The van der Waals surface area contributed by atoms with Crippen molar-refractivity contribution in [2.24, 2.45) is 0 Å². The molecule has 20 heavy (non-hydrogen) atoms. The first-order chi connectivity index (χ1) is 9.51. The van der Waals surface area contributed by atoms with Crippen molar-refractivity contribution in [2.45, 2.75) is 13.5 Å². The molecule has 0 fully saturated rings. The van der Waals surface area contributed by atoms with Crippen LogP contribution in [0.3, 0.4) is 0 Å². The van der Waals surface area contributed by atoms with Crippen molar-refractivity contribution in [2.75, 3.05) is 0 Å². The van der Waals surface area contributed by atoms with Crippen molar-refractivity contribution in [3.63, 3.8) is 0 Å². The van der Waals surface area contributed by atoms with Gasteiger partial charge < -0.3 is 14.3 Å². The smallest absolute Gasteiger partial charge is 0.339 e. The Morgan fingerprint density at radius 1 is 1.45 bits per heavy atom. The molecule has 1 aromatic carbocycles. The second-order valence-corrected chi connectivity index (χ2v) is 4.08. The van der Waals surface area contributed by atoms with Gasteiger partial charge in [0.05, 0.1) is 0 Å². The van der Waals surface area contributed by atoms with Gasteiger partial charge in [-0.15, -0.1) is 0 Å². The number of ether oxygens (including phenoxy) is 1. The molecule has 0 radical (unpaired) electrons. The molecule has 6 heteroatoms. The zero-order valence-electron chi connectivity index (χ0n) is 10.6. The lowest BCUT2D eigenvalue weighted by Crippen LogP contribution is -1.97. The molecule has 0 atom stereocenters. The van der Waals surface area contributed by atoms with E-state index in [2.05, 4.69) is 0 Å². The van der Waals surface area contributed by atoms with E-state index >= 15 is 0 Å².